The minimum atomic E-state index is -0.458. The maximum atomic E-state index is 13.1. The topological polar surface area (TPSA) is 40.6 Å². The van der Waals surface area contributed by atoms with E-state index in [1.54, 1.807) is 21.6 Å². The van der Waals surface area contributed by atoms with Crippen LogP contribution in [0, 0.1) is 11.7 Å². The van der Waals surface area contributed by atoms with Gasteiger partial charge >= 0.3 is 0 Å². The lowest BCUT2D eigenvalue weighted by Gasteiger charge is -2.33. The van der Waals surface area contributed by atoms with E-state index in [2.05, 4.69) is 0 Å². The zero-order valence-corrected chi connectivity index (χ0v) is 15.5. The van der Waals surface area contributed by atoms with Crippen LogP contribution in [0.3, 0.4) is 0 Å². The van der Waals surface area contributed by atoms with E-state index in [0.717, 1.165) is 0 Å². The molecule has 0 aliphatic carbocycles. The number of benzene rings is 1. The molecule has 1 aliphatic heterocycles. The summed E-state index contributed by atoms with van der Waals surface area (Å²) in [6.45, 7) is 9.23. The Morgan fingerprint density at radius 3 is 2.33 bits per heavy atom. The molecular formula is C18H25FN2O2S. The molecule has 0 N–H and O–H groups in total. The summed E-state index contributed by atoms with van der Waals surface area (Å²) in [5, 5.41) is -0.0490. The van der Waals surface area contributed by atoms with Gasteiger partial charge in [-0.15, -0.1) is 11.8 Å². The molecule has 2 rings (SSSR count). The Balaban J connectivity index is 2.32. The number of thioether (sulfide) groups is 1. The lowest BCUT2D eigenvalue weighted by atomic mass is 10.1. The van der Waals surface area contributed by atoms with Gasteiger partial charge in [-0.3, -0.25) is 9.59 Å². The van der Waals surface area contributed by atoms with E-state index in [0.29, 0.717) is 24.4 Å². The Morgan fingerprint density at radius 1 is 1.25 bits per heavy atom. The second kappa shape index (κ2) is 8.01. The van der Waals surface area contributed by atoms with Crippen LogP contribution >= 0.6 is 11.8 Å². The summed E-state index contributed by atoms with van der Waals surface area (Å²) in [6.07, 6.45) is 0. The molecule has 0 radical (unpaired) electrons. The van der Waals surface area contributed by atoms with Gasteiger partial charge in [0.25, 0.3) is 5.91 Å². The number of rotatable bonds is 5. The van der Waals surface area contributed by atoms with Gasteiger partial charge in [-0.25, -0.2) is 4.39 Å². The summed E-state index contributed by atoms with van der Waals surface area (Å²) < 4.78 is 13.1. The zero-order valence-electron chi connectivity index (χ0n) is 14.7. The minimum Gasteiger partial charge on any atom is -0.341 e. The van der Waals surface area contributed by atoms with Crippen LogP contribution in [0.4, 0.5) is 4.39 Å². The van der Waals surface area contributed by atoms with Crippen molar-refractivity contribution in [2.75, 3.05) is 18.8 Å². The van der Waals surface area contributed by atoms with Crippen molar-refractivity contribution in [1.29, 1.82) is 0 Å². The summed E-state index contributed by atoms with van der Waals surface area (Å²) in [5.41, 5.74) is 0.418. The first-order valence-electron chi connectivity index (χ1n) is 8.39. The fourth-order valence-corrected chi connectivity index (χ4v) is 4.45. The number of nitrogens with zero attached hydrogens (tertiary/aromatic N) is 2. The van der Waals surface area contributed by atoms with E-state index in [1.165, 1.54) is 24.3 Å². The van der Waals surface area contributed by atoms with E-state index in [9.17, 15) is 14.0 Å². The lowest BCUT2D eigenvalue weighted by molar-refractivity contribution is -0.135. The summed E-state index contributed by atoms with van der Waals surface area (Å²) >= 11 is 1.64. The van der Waals surface area contributed by atoms with Crippen LogP contribution in [-0.2, 0) is 4.79 Å². The molecule has 1 aromatic rings. The molecule has 1 aromatic carbocycles. The third-order valence-corrected chi connectivity index (χ3v) is 5.91. The van der Waals surface area contributed by atoms with Gasteiger partial charge < -0.3 is 9.80 Å². The quantitative estimate of drug-likeness (QED) is 0.817. The normalized spacial score (nSPS) is 20.5. The molecule has 0 aromatic heterocycles. The van der Waals surface area contributed by atoms with Crippen molar-refractivity contribution in [3.05, 3.63) is 35.6 Å². The van der Waals surface area contributed by atoms with Crippen molar-refractivity contribution >= 4 is 23.6 Å². The molecule has 0 unspecified atom stereocenters. The third-order valence-electron chi connectivity index (χ3n) is 4.29. The number of hydrogen-bond donors (Lipinski definition) is 0. The van der Waals surface area contributed by atoms with E-state index < -0.39 is 6.04 Å². The Labute approximate surface area is 147 Å². The van der Waals surface area contributed by atoms with Crippen molar-refractivity contribution in [3.63, 3.8) is 0 Å². The number of hydrogen-bond acceptors (Lipinski definition) is 3. The predicted octanol–water partition coefficient (Wildman–Crippen LogP) is 3.23. The lowest BCUT2D eigenvalue weighted by Crippen LogP contribution is -2.52. The van der Waals surface area contributed by atoms with Crippen molar-refractivity contribution in [2.45, 2.75) is 39.1 Å². The van der Waals surface area contributed by atoms with Gasteiger partial charge in [0.15, 0.2) is 0 Å². The van der Waals surface area contributed by atoms with Crippen LogP contribution < -0.4 is 0 Å². The average Bonchev–Trinajstić information content (AvgIpc) is 3.01. The fourth-order valence-electron chi connectivity index (χ4n) is 2.98. The predicted molar refractivity (Wildman–Crippen MR) is 95.4 cm³/mol. The van der Waals surface area contributed by atoms with Crippen molar-refractivity contribution in [2.24, 2.45) is 5.92 Å². The van der Waals surface area contributed by atoms with Crippen LogP contribution in [0.5, 0.6) is 0 Å². The van der Waals surface area contributed by atoms with Gasteiger partial charge in [-0.1, -0.05) is 13.8 Å². The molecule has 1 saturated heterocycles. The molecule has 0 saturated carbocycles. The number of halogens is 1. The highest BCUT2D eigenvalue weighted by Crippen LogP contribution is 2.35. The van der Waals surface area contributed by atoms with Gasteiger partial charge in [0, 0.05) is 24.4 Å². The Hall–Kier alpha value is -1.56. The second-order valence-electron chi connectivity index (χ2n) is 6.21. The highest BCUT2D eigenvalue weighted by Gasteiger charge is 2.44. The van der Waals surface area contributed by atoms with Crippen molar-refractivity contribution < 1.29 is 14.0 Å². The summed E-state index contributed by atoms with van der Waals surface area (Å²) in [5.74, 6) is 0.244. The monoisotopic (exact) mass is 352 g/mol. The summed E-state index contributed by atoms with van der Waals surface area (Å²) in [6, 6.07) is 5.07. The number of carbonyl (C=O) groups excluding carboxylic acids is 2. The van der Waals surface area contributed by atoms with Gasteiger partial charge in [0.2, 0.25) is 5.91 Å². The maximum Gasteiger partial charge on any atom is 0.255 e. The molecule has 1 aliphatic rings. The van der Waals surface area contributed by atoms with Crippen LogP contribution in [0.15, 0.2) is 24.3 Å². The van der Waals surface area contributed by atoms with Gasteiger partial charge in [0.1, 0.15) is 11.9 Å². The van der Waals surface area contributed by atoms with Crippen molar-refractivity contribution in [1.82, 2.24) is 9.80 Å². The molecule has 2 atom stereocenters. The number of amides is 2. The zero-order chi connectivity index (χ0) is 17.9. The highest BCUT2D eigenvalue weighted by molar-refractivity contribution is 8.00. The highest BCUT2D eigenvalue weighted by atomic mass is 32.2. The molecule has 6 heteroatoms. The summed E-state index contributed by atoms with van der Waals surface area (Å²) in [4.78, 5) is 29.3. The minimum absolute atomic E-state index is 0.00823. The van der Waals surface area contributed by atoms with Gasteiger partial charge in [-0.05, 0) is 44.0 Å². The SMILES string of the molecule is CCN(CC)C(=O)[C@H]1CS[C@@H](C(C)C)N1C(=O)c1ccc(F)cc1. The van der Waals surface area contributed by atoms with E-state index in [4.69, 9.17) is 0 Å². The standard InChI is InChI=1S/C18H25FN2O2S/c1-5-20(6-2)17(23)15-11-24-18(12(3)4)21(15)16(22)13-7-9-14(19)10-8-13/h7-10,12,15,18H,5-6,11H2,1-4H3/t15-,18+/m1/s1. The molecule has 0 bridgehead atoms. The van der Waals surface area contributed by atoms with Crippen molar-refractivity contribution in [3.8, 4) is 0 Å². The molecule has 2 amide bonds. The van der Waals surface area contributed by atoms with Gasteiger partial charge in [0.05, 0.1) is 5.37 Å². The molecule has 4 nitrogen and oxygen atoms in total. The molecular weight excluding hydrogens is 327 g/mol. The first-order valence-corrected chi connectivity index (χ1v) is 9.44. The van der Waals surface area contributed by atoms with Crippen LogP contribution in [0.25, 0.3) is 0 Å². The fraction of sp³-hybridized carbons (Fsp3) is 0.556. The van der Waals surface area contributed by atoms with E-state index in [1.807, 2.05) is 27.7 Å². The Morgan fingerprint density at radius 2 is 1.83 bits per heavy atom. The Bertz CT molecular complexity index is 587. The molecule has 132 valence electrons. The van der Waals surface area contributed by atoms with E-state index in [-0.39, 0.29) is 28.9 Å². The smallest absolute Gasteiger partial charge is 0.255 e. The van der Waals surface area contributed by atoms with Crippen LogP contribution in [0.1, 0.15) is 38.1 Å². The maximum absolute atomic E-state index is 13.1. The molecule has 1 fully saturated rings. The first-order chi connectivity index (χ1) is 11.4. The largest absolute Gasteiger partial charge is 0.341 e. The molecule has 24 heavy (non-hydrogen) atoms. The van der Waals surface area contributed by atoms with Crippen LogP contribution in [-0.4, -0.2) is 51.9 Å². The average molecular weight is 352 g/mol. The molecule has 0 spiro atoms. The van der Waals surface area contributed by atoms with Crippen LogP contribution in [0.2, 0.25) is 0 Å². The number of likely N-dealkylation sites (N-methyl/N-ethyl adjacent to an activating group) is 1. The third kappa shape index (κ3) is 3.74. The Kier molecular flexibility index (Phi) is 6.27. The van der Waals surface area contributed by atoms with Gasteiger partial charge in [-0.2, -0.15) is 0 Å². The second-order valence-corrected chi connectivity index (χ2v) is 7.36. The van der Waals surface area contributed by atoms with E-state index >= 15 is 0 Å². The molecule has 1 heterocycles. The summed E-state index contributed by atoms with van der Waals surface area (Å²) in [7, 11) is 0. The first kappa shape index (κ1) is 18.8. The number of carbonyl (C=O) groups is 2.